The van der Waals surface area contributed by atoms with Gasteiger partial charge in [-0.2, -0.15) is 5.10 Å². The van der Waals surface area contributed by atoms with Crippen molar-refractivity contribution in [2.75, 3.05) is 0 Å². The number of carbonyl (C=O) groups excluding carboxylic acids is 1. The molecule has 0 aliphatic heterocycles. The van der Waals surface area contributed by atoms with Crippen LogP contribution in [0.3, 0.4) is 0 Å². The summed E-state index contributed by atoms with van der Waals surface area (Å²) in [6.45, 7) is 7.53. The van der Waals surface area contributed by atoms with Crippen molar-refractivity contribution in [3.8, 4) is 5.75 Å². The highest BCUT2D eigenvalue weighted by Crippen LogP contribution is 2.14. The van der Waals surface area contributed by atoms with Crippen LogP contribution in [0.15, 0.2) is 46.1 Å². The maximum atomic E-state index is 11.9. The third-order valence-electron chi connectivity index (χ3n) is 3.07. The van der Waals surface area contributed by atoms with Gasteiger partial charge in [-0.15, -0.1) is 0 Å². The molecule has 5 heteroatoms. The van der Waals surface area contributed by atoms with E-state index in [1.807, 2.05) is 45.0 Å². The molecule has 2 rings (SSSR count). The molecule has 1 amide bonds. The summed E-state index contributed by atoms with van der Waals surface area (Å²) in [5, 5.41) is 4.12. The van der Waals surface area contributed by atoms with Crippen molar-refractivity contribution in [2.45, 2.75) is 33.8 Å². The second kappa shape index (κ2) is 6.93. The van der Waals surface area contributed by atoms with Gasteiger partial charge < -0.3 is 9.15 Å². The molecule has 0 unspecified atom stereocenters. The highest BCUT2D eigenvalue weighted by molar-refractivity contribution is 6.01. The quantitative estimate of drug-likeness (QED) is 0.678. The number of carbonyl (C=O) groups is 1. The summed E-state index contributed by atoms with van der Waals surface area (Å²) >= 11 is 0. The second-order valence-corrected chi connectivity index (χ2v) is 5.22. The zero-order valence-corrected chi connectivity index (χ0v) is 13.2. The fourth-order valence-electron chi connectivity index (χ4n) is 1.93. The van der Waals surface area contributed by atoms with Gasteiger partial charge in [0.1, 0.15) is 11.5 Å². The molecule has 2 aromatic rings. The summed E-state index contributed by atoms with van der Waals surface area (Å²) in [6.07, 6.45) is 1.62. The van der Waals surface area contributed by atoms with Gasteiger partial charge in [-0.3, -0.25) is 4.79 Å². The fraction of sp³-hybridized carbons (Fsp3) is 0.294. The Labute approximate surface area is 130 Å². The number of hydrogen-bond acceptors (Lipinski definition) is 4. The smallest absolute Gasteiger partial charge is 0.274 e. The first-order valence-corrected chi connectivity index (χ1v) is 7.13. The van der Waals surface area contributed by atoms with Crippen LogP contribution in [0.25, 0.3) is 0 Å². The molecule has 1 heterocycles. The molecule has 0 aliphatic carbocycles. The number of rotatable bonds is 5. The Morgan fingerprint density at radius 1 is 1.23 bits per heavy atom. The molecular weight excluding hydrogens is 280 g/mol. The number of ether oxygens (including phenoxy) is 1. The summed E-state index contributed by atoms with van der Waals surface area (Å²) in [5.74, 6) is 1.09. The molecule has 0 aliphatic rings. The highest BCUT2D eigenvalue weighted by atomic mass is 16.5. The Balaban J connectivity index is 2.03. The van der Waals surface area contributed by atoms with E-state index in [0.29, 0.717) is 17.0 Å². The van der Waals surface area contributed by atoms with E-state index in [2.05, 4.69) is 10.5 Å². The summed E-state index contributed by atoms with van der Waals surface area (Å²) in [7, 11) is 0. The van der Waals surface area contributed by atoms with Gasteiger partial charge in [0.15, 0.2) is 0 Å². The van der Waals surface area contributed by atoms with E-state index >= 15 is 0 Å². The van der Waals surface area contributed by atoms with Crippen LogP contribution < -0.4 is 10.2 Å². The predicted molar refractivity (Wildman–Crippen MR) is 85.3 cm³/mol. The van der Waals surface area contributed by atoms with Crippen molar-refractivity contribution in [1.29, 1.82) is 0 Å². The molecule has 0 spiro atoms. The maximum Gasteiger partial charge on any atom is 0.274 e. The number of hydrogen-bond donors (Lipinski definition) is 1. The lowest BCUT2D eigenvalue weighted by molar-refractivity contribution is 0.0953. The highest BCUT2D eigenvalue weighted by Gasteiger charge is 2.10. The minimum atomic E-state index is -0.287. The molecular formula is C17H20N2O3. The molecule has 116 valence electrons. The van der Waals surface area contributed by atoms with Crippen LogP contribution in [-0.4, -0.2) is 17.7 Å². The van der Waals surface area contributed by atoms with E-state index in [4.69, 9.17) is 9.15 Å². The van der Waals surface area contributed by atoms with Crippen LogP contribution >= 0.6 is 0 Å². The van der Waals surface area contributed by atoms with E-state index in [1.54, 1.807) is 13.0 Å². The average molecular weight is 300 g/mol. The van der Waals surface area contributed by atoms with Crippen LogP contribution in [0, 0.1) is 6.92 Å². The number of furan rings is 1. The van der Waals surface area contributed by atoms with E-state index < -0.39 is 0 Å². The van der Waals surface area contributed by atoms with Gasteiger partial charge >= 0.3 is 0 Å². The molecule has 0 saturated carbocycles. The summed E-state index contributed by atoms with van der Waals surface area (Å²) in [5.41, 5.74) is 4.64. The Bertz CT molecular complexity index is 669. The first-order chi connectivity index (χ1) is 10.5. The molecule has 0 saturated heterocycles. The first-order valence-electron chi connectivity index (χ1n) is 7.13. The molecule has 0 fully saturated rings. The number of nitrogens with zero attached hydrogens (tertiary/aromatic N) is 1. The molecule has 0 radical (unpaired) electrons. The van der Waals surface area contributed by atoms with E-state index in [0.717, 1.165) is 11.3 Å². The molecule has 22 heavy (non-hydrogen) atoms. The molecule has 0 atom stereocenters. The second-order valence-electron chi connectivity index (χ2n) is 5.22. The van der Waals surface area contributed by atoms with Gasteiger partial charge in [0.2, 0.25) is 0 Å². The van der Waals surface area contributed by atoms with Crippen molar-refractivity contribution in [2.24, 2.45) is 5.10 Å². The Morgan fingerprint density at radius 3 is 2.45 bits per heavy atom. The SMILES string of the molecule is C/C(=N/NC(=O)c1ccoc1C)c1ccc(OC(C)C)cc1. The lowest BCUT2D eigenvalue weighted by Crippen LogP contribution is -2.19. The standard InChI is InChI=1S/C17H20N2O3/c1-11(2)22-15-7-5-14(6-8-15)12(3)18-19-17(20)16-9-10-21-13(16)4/h5-11H,1-4H3,(H,19,20)/b18-12-. The van der Waals surface area contributed by atoms with Gasteiger partial charge in [-0.05, 0) is 63.6 Å². The van der Waals surface area contributed by atoms with Crippen LogP contribution in [0.2, 0.25) is 0 Å². The van der Waals surface area contributed by atoms with Crippen LogP contribution in [-0.2, 0) is 0 Å². The molecule has 1 aromatic heterocycles. The lowest BCUT2D eigenvalue weighted by Gasteiger charge is -2.10. The molecule has 0 bridgehead atoms. The van der Waals surface area contributed by atoms with Gasteiger partial charge in [-0.25, -0.2) is 5.43 Å². The lowest BCUT2D eigenvalue weighted by atomic mass is 10.1. The Kier molecular flexibility index (Phi) is 4.99. The average Bonchev–Trinajstić information content (AvgIpc) is 2.91. The monoisotopic (exact) mass is 300 g/mol. The number of nitrogens with one attached hydrogen (secondary N) is 1. The van der Waals surface area contributed by atoms with Crippen molar-refractivity contribution in [3.05, 3.63) is 53.5 Å². The Hall–Kier alpha value is -2.56. The minimum Gasteiger partial charge on any atom is -0.491 e. The van der Waals surface area contributed by atoms with Crippen LogP contribution in [0.1, 0.15) is 42.5 Å². The largest absolute Gasteiger partial charge is 0.491 e. The fourth-order valence-corrected chi connectivity index (χ4v) is 1.93. The van der Waals surface area contributed by atoms with Crippen molar-refractivity contribution < 1.29 is 13.9 Å². The van der Waals surface area contributed by atoms with Crippen molar-refractivity contribution in [3.63, 3.8) is 0 Å². The third-order valence-corrected chi connectivity index (χ3v) is 3.07. The van der Waals surface area contributed by atoms with Crippen molar-refractivity contribution >= 4 is 11.6 Å². The van der Waals surface area contributed by atoms with Crippen LogP contribution in [0.4, 0.5) is 0 Å². The number of hydrazone groups is 1. The summed E-state index contributed by atoms with van der Waals surface area (Å²) in [4.78, 5) is 11.9. The van der Waals surface area contributed by atoms with Crippen molar-refractivity contribution in [1.82, 2.24) is 5.43 Å². The topological polar surface area (TPSA) is 63.8 Å². The molecule has 5 nitrogen and oxygen atoms in total. The van der Waals surface area contributed by atoms with E-state index in [-0.39, 0.29) is 12.0 Å². The molecule has 1 N–H and O–H groups in total. The summed E-state index contributed by atoms with van der Waals surface area (Å²) < 4.78 is 10.7. The van der Waals surface area contributed by atoms with Gasteiger partial charge in [0.25, 0.3) is 5.91 Å². The summed E-state index contributed by atoms with van der Waals surface area (Å²) in [6, 6.07) is 9.21. The third kappa shape index (κ3) is 3.97. The zero-order chi connectivity index (χ0) is 16.1. The first kappa shape index (κ1) is 15.8. The number of benzene rings is 1. The predicted octanol–water partition coefficient (Wildman–Crippen LogP) is 3.53. The van der Waals surface area contributed by atoms with Crippen LogP contribution in [0.5, 0.6) is 5.75 Å². The molecule has 1 aromatic carbocycles. The number of amides is 1. The van der Waals surface area contributed by atoms with Gasteiger partial charge in [0, 0.05) is 0 Å². The Morgan fingerprint density at radius 2 is 1.91 bits per heavy atom. The van der Waals surface area contributed by atoms with Gasteiger partial charge in [0.05, 0.1) is 23.6 Å². The normalized spacial score (nSPS) is 11.6. The maximum absolute atomic E-state index is 11.9. The zero-order valence-electron chi connectivity index (χ0n) is 13.2. The van der Waals surface area contributed by atoms with E-state index in [1.165, 1.54) is 6.26 Å². The van der Waals surface area contributed by atoms with Gasteiger partial charge in [-0.1, -0.05) is 0 Å². The minimum absolute atomic E-state index is 0.137. The number of aryl methyl sites for hydroxylation is 1. The van der Waals surface area contributed by atoms with E-state index in [9.17, 15) is 4.79 Å².